The Balaban J connectivity index is 1.91. The monoisotopic (exact) mass is 587 g/mol. The molecule has 0 aliphatic heterocycles. The first kappa shape index (κ1) is 31.0. The summed E-state index contributed by atoms with van der Waals surface area (Å²) in [5, 5.41) is 60.0. The number of hydrogen-bond donors (Lipinski definition) is 7. The lowest BCUT2D eigenvalue weighted by atomic mass is 9.55. The number of ketones is 2. The third kappa shape index (κ3) is 4.34. The molecule has 13 nitrogen and oxygen atoms in total. The Morgan fingerprint density at radius 1 is 1.17 bits per heavy atom. The van der Waals surface area contributed by atoms with Gasteiger partial charge >= 0.3 is 5.97 Å². The van der Waals surface area contributed by atoms with Gasteiger partial charge in [-0.3, -0.25) is 19.3 Å². The number of aliphatic hydroxyl groups excluding tert-OH is 3. The van der Waals surface area contributed by atoms with E-state index in [0.29, 0.717) is 18.4 Å². The molecular weight excluding hydrogens is 550 g/mol. The van der Waals surface area contributed by atoms with Crippen LogP contribution >= 0.6 is 0 Å². The number of ether oxygens (including phenoxy) is 1. The number of phenols is 1. The predicted octanol–water partition coefficient (Wildman–Crippen LogP) is 0.796. The second-order valence-corrected chi connectivity index (χ2v) is 11.2. The van der Waals surface area contributed by atoms with Crippen LogP contribution in [0.3, 0.4) is 0 Å². The molecule has 0 fully saturated rings. The highest BCUT2D eigenvalue weighted by atomic mass is 16.5. The van der Waals surface area contributed by atoms with Crippen LogP contribution in [0.25, 0.3) is 0 Å². The lowest BCUT2D eigenvalue weighted by Crippen LogP contribution is -2.68. The number of esters is 1. The topological polar surface area (TPSA) is 220 Å². The number of nitrogens with one attached hydrogen (secondary N) is 1. The van der Waals surface area contributed by atoms with Gasteiger partial charge in [-0.1, -0.05) is 26.3 Å². The zero-order valence-electron chi connectivity index (χ0n) is 24.0. The summed E-state index contributed by atoms with van der Waals surface area (Å²) in [7, 11) is 2.94. The summed E-state index contributed by atoms with van der Waals surface area (Å²) < 4.78 is 5.11. The number of carbonyl (C=O) groups is 4. The van der Waals surface area contributed by atoms with Crippen LogP contribution in [0.2, 0.25) is 0 Å². The Kier molecular flexibility index (Phi) is 8.15. The Bertz CT molecular complexity index is 1420. The standard InChI is InChI=1S/C29H37N3O10/c1-6-8-14(28(40)42-7-2)31-13-10-9-12-11(3)15-17(22(34)16(12)21(13)33)25(37)29(41)19(23(15)35)20(32(4)5)24(36)18(26(29)38)27(30)39/h9-11,14-15,19-20,23,31,33,35-37,41H,6-8H2,1-5H3,(H2,30,39). The largest absolute Gasteiger partial charge is 0.510 e. The van der Waals surface area contributed by atoms with Crippen LogP contribution in [0.15, 0.2) is 34.8 Å². The van der Waals surface area contributed by atoms with E-state index in [0.717, 1.165) is 0 Å². The smallest absolute Gasteiger partial charge is 0.328 e. The fourth-order valence-corrected chi connectivity index (χ4v) is 6.71. The number of hydrogen-bond acceptors (Lipinski definition) is 12. The van der Waals surface area contributed by atoms with Gasteiger partial charge in [0.25, 0.3) is 5.91 Å². The van der Waals surface area contributed by atoms with Crippen LogP contribution in [0.5, 0.6) is 5.75 Å². The molecule has 7 unspecified atom stereocenters. The van der Waals surface area contributed by atoms with Crippen molar-refractivity contribution in [3.05, 3.63) is 45.9 Å². The number of fused-ring (bicyclic) bond motifs is 3. The van der Waals surface area contributed by atoms with E-state index in [-0.39, 0.29) is 17.9 Å². The number of nitrogens with two attached hydrogens (primary N) is 1. The highest BCUT2D eigenvalue weighted by Gasteiger charge is 2.67. The number of carbonyl (C=O) groups excluding carboxylic acids is 4. The van der Waals surface area contributed by atoms with Gasteiger partial charge in [-0.05, 0) is 45.0 Å². The molecule has 0 bridgehead atoms. The summed E-state index contributed by atoms with van der Waals surface area (Å²) >= 11 is 0. The summed E-state index contributed by atoms with van der Waals surface area (Å²) in [6, 6.07) is 0.868. The molecule has 0 saturated heterocycles. The predicted molar refractivity (Wildman–Crippen MR) is 149 cm³/mol. The molecule has 3 aliphatic rings. The Morgan fingerprint density at radius 3 is 2.36 bits per heavy atom. The van der Waals surface area contributed by atoms with E-state index < -0.39 is 93.4 Å². The third-order valence-corrected chi connectivity index (χ3v) is 8.61. The highest BCUT2D eigenvalue weighted by Crippen LogP contribution is 2.56. The van der Waals surface area contributed by atoms with Crippen molar-refractivity contribution in [2.24, 2.45) is 17.6 Å². The number of primary amides is 1. The molecule has 1 aromatic carbocycles. The summed E-state index contributed by atoms with van der Waals surface area (Å²) in [6.07, 6.45) is -0.706. The van der Waals surface area contributed by atoms with Crippen molar-refractivity contribution in [3.63, 3.8) is 0 Å². The van der Waals surface area contributed by atoms with Crippen molar-refractivity contribution in [2.75, 3.05) is 26.0 Å². The molecule has 8 N–H and O–H groups in total. The van der Waals surface area contributed by atoms with Crippen molar-refractivity contribution in [3.8, 4) is 5.75 Å². The van der Waals surface area contributed by atoms with Gasteiger partial charge in [0.15, 0.2) is 11.4 Å². The van der Waals surface area contributed by atoms with Crippen LogP contribution in [0.1, 0.15) is 55.5 Å². The minimum absolute atomic E-state index is 0.0394. The molecule has 0 aromatic heterocycles. The number of benzene rings is 1. The molecule has 0 spiro atoms. The molecule has 42 heavy (non-hydrogen) atoms. The minimum Gasteiger partial charge on any atom is -0.510 e. The first-order chi connectivity index (χ1) is 19.7. The molecule has 0 heterocycles. The van der Waals surface area contributed by atoms with Crippen molar-refractivity contribution in [1.29, 1.82) is 0 Å². The van der Waals surface area contributed by atoms with Crippen LogP contribution in [-0.4, -0.2) is 98.4 Å². The van der Waals surface area contributed by atoms with Crippen molar-refractivity contribution in [2.45, 2.75) is 63.3 Å². The van der Waals surface area contributed by atoms with E-state index in [1.54, 1.807) is 19.9 Å². The van der Waals surface area contributed by atoms with Crippen molar-refractivity contribution in [1.82, 2.24) is 4.90 Å². The van der Waals surface area contributed by atoms with Gasteiger partial charge in [-0.2, -0.15) is 0 Å². The molecule has 0 radical (unpaired) electrons. The zero-order valence-corrected chi connectivity index (χ0v) is 24.0. The molecular formula is C29H37N3O10. The maximum Gasteiger partial charge on any atom is 0.328 e. The number of Topliss-reactive ketones (excluding diaryl/α,β-unsaturated/α-hetero) is 2. The normalized spacial score (nSPS) is 29.6. The van der Waals surface area contributed by atoms with Gasteiger partial charge in [0.1, 0.15) is 28.9 Å². The molecule has 13 heteroatoms. The fraction of sp³-hybridized carbons (Fsp3) is 0.517. The quantitative estimate of drug-likeness (QED) is 0.128. The maximum atomic E-state index is 14.0. The number of aliphatic hydroxyl groups is 4. The summed E-state index contributed by atoms with van der Waals surface area (Å²) in [6.45, 7) is 5.30. The van der Waals surface area contributed by atoms with Gasteiger partial charge in [-0.25, -0.2) is 4.79 Å². The first-order valence-electron chi connectivity index (χ1n) is 13.8. The van der Waals surface area contributed by atoms with Crippen LogP contribution in [0, 0.1) is 11.8 Å². The Morgan fingerprint density at radius 2 is 1.81 bits per heavy atom. The lowest BCUT2D eigenvalue weighted by molar-refractivity contribution is -0.162. The molecule has 1 amide bonds. The molecule has 0 saturated carbocycles. The minimum atomic E-state index is -2.99. The molecule has 4 rings (SSSR count). The number of rotatable bonds is 8. The van der Waals surface area contributed by atoms with E-state index in [1.165, 1.54) is 25.1 Å². The Labute approximate surface area is 242 Å². The number of nitrogens with zero attached hydrogens (tertiary/aromatic N) is 1. The number of anilines is 1. The van der Waals surface area contributed by atoms with E-state index in [2.05, 4.69) is 5.32 Å². The fourth-order valence-electron chi connectivity index (χ4n) is 6.71. The SMILES string of the molecule is CCCC(Nc1ccc2c(c1O)C(=O)C1=C(O)C3(O)C(=O)C(C(N)=O)=C(O)C(N(C)C)C3C(O)C1C2C)C(=O)OCC. The molecule has 1 aromatic rings. The van der Waals surface area contributed by atoms with Crippen molar-refractivity contribution < 1.29 is 49.4 Å². The number of likely N-dealkylation sites (N-methyl/N-ethyl adjacent to an activating group) is 1. The zero-order chi connectivity index (χ0) is 31.4. The number of amides is 1. The van der Waals surface area contributed by atoms with E-state index in [1.807, 2.05) is 6.92 Å². The van der Waals surface area contributed by atoms with Gasteiger partial charge < -0.3 is 41.3 Å². The van der Waals surface area contributed by atoms with Gasteiger partial charge in [-0.15, -0.1) is 0 Å². The number of aromatic hydroxyl groups is 1. The molecule has 3 aliphatic carbocycles. The second kappa shape index (κ2) is 11.0. The van der Waals surface area contributed by atoms with Crippen LogP contribution in [-0.2, 0) is 19.1 Å². The van der Waals surface area contributed by atoms with Crippen molar-refractivity contribution >= 4 is 29.1 Å². The summed E-state index contributed by atoms with van der Waals surface area (Å²) in [5.41, 5.74) is 0.984. The molecule has 7 atom stereocenters. The first-order valence-corrected chi connectivity index (χ1v) is 13.8. The third-order valence-electron chi connectivity index (χ3n) is 8.61. The summed E-state index contributed by atoms with van der Waals surface area (Å²) in [4.78, 5) is 53.5. The van der Waals surface area contributed by atoms with Gasteiger partial charge in [0, 0.05) is 11.5 Å². The van der Waals surface area contributed by atoms with E-state index >= 15 is 0 Å². The van der Waals surface area contributed by atoms with Crippen LogP contribution < -0.4 is 11.1 Å². The summed E-state index contributed by atoms with van der Waals surface area (Å²) in [5.74, 6) is -10.2. The highest BCUT2D eigenvalue weighted by molar-refractivity contribution is 6.25. The number of phenolic OH excluding ortho intramolecular Hbond substituents is 1. The van der Waals surface area contributed by atoms with E-state index in [4.69, 9.17) is 10.5 Å². The Hall–Kier alpha value is -3.94. The van der Waals surface area contributed by atoms with Gasteiger partial charge in [0.05, 0.1) is 35.9 Å². The van der Waals surface area contributed by atoms with Gasteiger partial charge in [0.2, 0.25) is 5.78 Å². The average molecular weight is 588 g/mol. The lowest BCUT2D eigenvalue weighted by Gasteiger charge is -2.53. The van der Waals surface area contributed by atoms with E-state index in [9.17, 15) is 44.7 Å². The second-order valence-electron chi connectivity index (χ2n) is 11.2. The average Bonchev–Trinajstić information content (AvgIpc) is 2.91. The molecule has 228 valence electrons. The maximum absolute atomic E-state index is 14.0. The van der Waals surface area contributed by atoms with Crippen LogP contribution in [0.4, 0.5) is 5.69 Å².